The van der Waals surface area contributed by atoms with Gasteiger partial charge in [-0.25, -0.2) is 13.6 Å². The Balaban J connectivity index is 1.44. The average molecular weight is 435 g/mol. The summed E-state index contributed by atoms with van der Waals surface area (Å²) in [5.74, 6) is -4.53. The van der Waals surface area contributed by atoms with Crippen LogP contribution in [-0.2, 0) is 19.7 Å². The van der Waals surface area contributed by atoms with E-state index in [1.54, 1.807) is 45.0 Å². The lowest BCUT2D eigenvalue weighted by Crippen LogP contribution is -2.47. The van der Waals surface area contributed by atoms with Crippen LogP contribution < -0.4 is 10.6 Å². The lowest BCUT2D eigenvalue weighted by Gasteiger charge is -2.32. The van der Waals surface area contributed by atoms with Gasteiger partial charge in [0, 0.05) is 25.2 Å². The predicted molar refractivity (Wildman–Crippen MR) is 109 cm³/mol. The highest BCUT2D eigenvalue weighted by Crippen LogP contribution is 2.70. The maximum atomic E-state index is 14.9. The summed E-state index contributed by atoms with van der Waals surface area (Å²) in [6.07, 6.45) is 0.237. The largest absolute Gasteiger partial charge is 0.444 e. The fourth-order valence-corrected chi connectivity index (χ4v) is 4.69. The fourth-order valence-electron chi connectivity index (χ4n) is 4.69. The number of alkyl halides is 2. The van der Waals surface area contributed by atoms with Gasteiger partial charge in [-0.2, -0.15) is 0 Å². The molecule has 7 nitrogen and oxygen atoms in total. The number of nitrogens with one attached hydrogen (secondary N) is 2. The molecule has 1 aliphatic carbocycles. The number of hydrogen-bond donors (Lipinski definition) is 2. The van der Waals surface area contributed by atoms with E-state index >= 15 is 0 Å². The van der Waals surface area contributed by atoms with E-state index in [4.69, 9.17) is 4.74 Å². The first-order chi connectivity index (χ1) is 14.4. The third-order valence-corrected chi connectivity index (χ3v) is 6.35. The van der Waals surface area contributed by atoms with Crippen LogP contribution in [0.3, 0.4) is 0 Å². The zero-order valence-corrected chi connectivity index (χ0v) is 17.8. The number of carbonyl (C=O) groups excluding carboxylic acids is 3. The number of imide groups is 1. The van der Waals surface area contributed by atoms with Gasteiger partial charge in [-0.1, -0.05) is 12.1 Å². The van der Waals surface area contributed by atoms with Crippen LogP contribution in [0.1, 0.15) is 45.6 Å². The molecule has 2 saturated heterocycles. The van der Waals surface area contributed by atoms with Gasteiger partial charge in [0.1, 0.15) is 11.6 Å². The summed E-state index contributed by atoms with van der Waals surface area (Å²) >= 11 is 0. The van der Waals surface area contributed by atoms with Gasteiger partial charge in [0.15, 0.2) is 0 Å². The molecule has 4 rings (SSSR count). The van der Waals surface area contributed by atoms with Crippen molar-refractivity contribution in [2.45, 2.75) is 63.0 Å². The molecule has 3 amide bonds. The van der Waals surface area contributed by atoms with Crippen LogP contribution >= 0.6 is 0 Å². The molecule has 9 heteroatoms. The number of rotatable bonds is 3. The van der Waals surface area contributed by atoms with Gasteiger partial charge in [0.2, 0.25) is 11.8 Å². The Morgan fingerprint density at radius 2 is 1.90 bits per heavy atom. The molecule has 1 aromatic rings. The Labute approximate surface area is 179 Å². The predicted octanol–water partition coefficient (Wildman–Crippen LogP) is 3.05. The second kappa shape index (κ2) is 7.17. The molecular formula is C22H27F2N3O4. The highest BCUT2D eigenvalue weighted by molar-refractivity contribution is 6.01. The van der Waals surface area contributed by atoms with Crippen molar-refractivity contribution in [1.29, 1.82) is 0 Å². The van der Waals surface area contributed by atoms with Crippen molar-refractivity contribution in [3.8, 4) is 0 Å². The molecule has 2 N–H and O–H groups in total. The van der Waals surface area contributed by atoms with Crippen LogP contribution in [0.25, 0.3) is 0 Å². The Morgan fingerprint density at radius 3 is 2.48 bits per heavy atom. The van der Waals surface area contributed by atoms with E-state index in [1.807, 2.05) is 0 Å². The third-order valence-electron chi connectivity index (χ3n) is 6.35. The Morgan fingerprint density at radius 1 is 1.23 bits per heavy atom. The van der Waals surface area contributed by atoms with Gasteiger partial charge in [0.05, 0.1) is 11.3 Å². The Kier molecular flexibility index (Phi) is 4.98. The van der Waals surface area contributed by atoms with Gasteiger partial charge in [-0.05, 0) is 51.3 Å². The molecular weight excluding hydrogens is 408 g/mol. The van der Waals surface area contributed by atoms with Gasteiger partial charge in [-0.3, -0.25) is 14.9 Å². The van der Waals surface area contributed by atoms with E-state index in [1.165, 1.54) is 4.90 Å². The molecule has 0 unspecified atom stereocenters. The topological polar surface area (TPSA) is 87.7 Å². The second-order valence-electron chi connectivity index (χ2n) is 9.55. The number of carbonyl (C=O) groups is 3. The summed E-state index contributed by atoms with van der Waals surface area (Å²) in [5, 5.41) is 5.33. The van der Waals surface area contributed by atoms with Crippen LogP contribution in [0, 0.1) is 5.92 Å². The van der Waals surface area contributed by atoms with Crippen molar-refractivity contribution in [1.82, 2.24) is 10.2 Å². The van der Waals surface area contributed by atoms with E-state index in [-0.39, 0.29) is 37.7 Å². The normalized spacial score (nSPS) is 29.6. The van der Waals surface area contributed by atoms with Crippen molar-refractivity contribution < 1.29 is 27.9 Å². The molecule has 0 aromatic heterocycles. The molecule has 2 heterocycles. The van der Waals surface area contributed by atoms with E-state index in [9.17, 15) is 23.2 Å². The molecule has 0 bridgehead atoms. The average Bonchev–Trinajstić information content (AvgIpc) is 3.19. The lowest BCUT2D eigenvalue weighted by atomic mass is 9.87. The lowest BCUT2D eigenvalue weighted by molar-refractivity contribution is -0.133. The van der Waals surface area contributed by atoms with E-state index in [0.29, 0.717) is 17.7 Å². The quantitative estimate of drug-likeness (QED) is 0.713. The fraction of sp³-hybridized carbons (Fsp3) is 0.591. The van der Waals surface area contributed by atoms with Gasteiger partial charge in [-0.15, -0.1) is 0 Å². The summed E-state index contributed by atoms with van der Waals surface area (Å²) in [7, 11) is 0. The zero-order valence-electron chi connectivity index (χ0n) is 17.8. The van der Waals surface area contributed by atoms with Crippen LogP contribution in [0.4, 0.5) is 19.3 Å². The number of anilines is 1. The van der Waals surface area contributed by atoms with Crippen molar-refractivity contribution in [2.24, 2.45) is 5.92 Å². The zero-order chi connectivity index (χ0) is 22.6. The van der Waals surface area contributed by atoms with E-state index in [0.717, 1.165) is 0 Å². The minimum Gasteiger partial charge on any atom is -0.444 e. The molecule has 3 fully saturated rings. The second-order valence-corrected chi connectivity index (χ2v) is 9.55. The summed E-state index contributed by atoms with van der Waals surface area (Å²) in [5.41, 5.74) is -0.802. The number of likely N-dealkylation sites (tertiary alicyclic amines) is 1. The van der Waals surface area contributed by atoms with Crippen LogP contribution in [0.15, 0.2) is 24.3 Å². The number of piperidine rings is 2. The van der Waals surface area contributed by atoms with E-state index < -0.39 is 35.0 Å². The van der Waals surface area contributed by atoms with Crippen molar-refractivity contribution in [3.63, 3.8) is 0 Å². The summed E-state index contributed by atoms with van der Waals surface area (Å²) in [6.45, 7) is 5.40. The first-order valence-corrected chi connectivity index (χ1v) is 10.5. The Hall–Kier alpha value is -2.71. The smallest absolute Gasteiger partial charge is 0.410 e. The number of fused-ring (bicyclic) bond motifs is 1. The molecule has 2 aliphatic heterocycles. The van der Waals surface area contributed by atoms with Crippen LogP contribution in [0.2, 0.25) is 0 Å². The molecule has 3 aliphatic rings. The van der Waals surface area contributed by atoms with Crippen molar-refractivity contribution in [3.05, 3.63) is 29.8 Å². The SMILES string of the molecule is CC(C)(C)OC(=O)N1CC[C@@]2(c3ccc(N[C@@H]4CCC(=O)NC4=O)cc3)[C@@H](C1)C2(F)F. The molecule has 168 valence electrons. The number of benzene rings is 1. The number of amides is 3. The molecule has 0 radical (unpaired) electrons. The number of hydrogen-bond acceptors (Lipinski definition) is 5. The van der Waals surface area contributed by atoms with Gasteiger partial charge >= 0.3 is 6.09 Å². The molecule has 31 heavy (non-hydrogen) atoms. The van der Waals surface area contributed by atoms with Gasteiger partial charge < -0.3 is 15.0 Å². The van der Waals surface area contributed by atoms with E-state index in [2.05, 4.69) is 10.6 Å². The molecule has 1 aromatic carbocycles. The van der Waals surface area contributed by atoms with Crippen LogP contribution in [0.5, 0.6) is 0 Å². The number of halogens is 2. The number of ether oxygens (including phenoxy) is 1. The summed E-state index contributed by atoms with van der Waals surface area (Å²) < 4.78 is 35.1. The first kappa shape index (κ1) is 21.5. The first-order valence-electron chi connectivity index (χ1n) is 10.5. The highest BCUT2D eigenvalue weighted by Gasteiger charge is 2.82. The van der Waals surface area contributed by atoms with Crippen molar-refractivity contribution in [2.75, 3.05) is 18.4 Å². The molecule has 1 saturated carbocycles. The molecule has 3 atom stereocenters. The maximum absolute atomic E-state index is 14.9. The highest BCUT2D eigenvalue weighted by atomic mass is 19.3. The monoisotopic (exact) mass is 435 g/mol. The summed E-state index contributed by atoms with van der Waals surface area (Å²) in [6, 6.07) is 6.14. The minimum absolute atomic E-state index is 0.0435. The minimum atomic E-state index is -2.90. The third kappa shape index (κ3) is 3.74. The maximum Gasteiger partial charge on any atom is 0.410 e. The number of nitrogens with zero attached hydrogens (tertiary/aromatic N) is 1. The van der Waals surface area contributed by atoms with Gasteiger partial charge in [0.25, 0.3) is 5.92 Å². The Bertz CT molecular complexity index is 912. The summed E-state index contributed by atoms with van der Waals surface area (Å²) in [4.78, 5) is 36.8. The van der Waals surface area contributed by atoms with Crippen molar-refractivity contribution >= 4 is 23.6 Å². The van der Waals surface area contributed by atoms with Crippen LogP contribution in [-0.4, -0.2) is 53.5 Å². The standard InChI is InChI=1S/C22H27F2N3O4/c1-20(2,3)31-19(30)27-11-10-21(16(12-27)22(21,23)24)13-4-6-14(7-5-13)25-15-8-9-17(28)26-18(15)29/h4-7,15-16,25H,8-12H2,1-3H3,(H,26,28,29)/t15-,16-,21-/m1/s1. The molecule has 0 spiro atoms.